The van der Waals surface area contributed by atoms with Crippen molar-refractivity contribution in [3.63, 3.8) is 0 Å². The number of carbonyl (C=O) groups excluding carboxylic acids is 1. The molecule has 0 aliphatic rings. The summed E-state index contributed by atoms with van der Waals surface area (Å²) in [6, 6.07) is 2.33. The van der Waals surface area contributed by atoms with Crippen molar-refractivity contribution in [2.45, 2.75) is 0 Å². The van der Waals surface area contributed by atoms with Crippen LogP contribution in [0.5, 0.6) is 5.75 Å². The van der Waals surface area contributed by atoms with Crippen LogP contribution in [0.2, 0.25) is 0 Å². The molecule has 0 bridgehead atoms. The van der Waals surface area contributed by atoms with Crippen LogP contribution in [0.1, 0.15) is 10.4 Å². The molecule has 64 valence electrons. The summed E-state index contributed by atoms with van der Waals surface area (Å²) < 4.78 is 12.9. The minimum atomic E-state index is -0.904. The molecular weight excluding hydrogens is 250 g/mol. The number of benzene rings is 1. The molecule has 12 heavy (non-hydrogen) atoms. The van der Waals surface area contributed by atoms with Gasteiger partial charge >= 0.3 is 0 Å². The van der Waals surface area contributed by atoms with Gasteiger partial charge in [0.2, 0.25) is 0 Å². The Kier molecular flexibility index (Phi) is 2.69. The van der Waals surface area contributed by atoms with Crippen LogP contribution in [0, 0.1) is 5.82 Å². The zero-order chi connectivity index (χ0) is 9.30. The van der Waals surface area contributed by atoms with E-state index in [9.17, 15) is 9.18 Å². The molecule has 0 aliphatic heterocycles. The van der Waals surface area contributed by atoms with E-state index in [-0.39, 0.29) is 10.0 Å². The van der Waals surface area contributed by atoms with E-state index in [0.717, 1.165) is 6.07 Å². The molecule has 0 unspecified atom stereocenters. The summed E-state index contributed by atoms with van der Waals surface area (Å²) in [5.41, 5.74) is -0.253. The van der Waals surface area contributed by atoms with Crippen LogP contribution in [-0.4, -0.2) is 10.3 Å². The van der Waals surface area contributed by atoms with Crippen LogP contribution < -0.4 is 0 Å². The van der Waals surface area contributed by atoms with Gasteiger partial charge in [0.15, 0.2) is 11.6 Å². The predicted octanol–water partition coefficient (Wildman–Crippen LogP) is 2.67. The summed E-state index contributed by atoms with van der Waals surface area (Å²) in [6.07, 6.45) is 0. The lowest BCUT2D eigenvalue weighted by Crippen LogP contribution is -1.93. The standard InChI is InChI=1S/C7H3BrClFO2/c8-3-1-2-4(10)6(11)5(3)7(9)12/h1-2,11H. The molecule has 0 saturated carbocycles. The Morgan fingerprint density at radius 1 is 1.58 bits per heavy atom. The van der Waals surface area contributed by atoms with Gasteiger partial charge in [-0.15, -0.1) is 0 Å². The number of aromatic hydroxyl groups is 1. The minimum absolute atomic E-state index is 0.253. The van der Waals surface area contributed by atoms with Gasteiger partial charge in [-0.25, -0.2) is 4.39 Å². The highest BCUT2D eigenvalue weighted by molar-refractivity contribution is 9.10. The van der Waals surface area contributed by atoms with Crippen molar-refractivity contribution in [2.24, 2.45) is 0 Å². The van der Waals surface area contributed by atoms with Crippen molar-refractivity contribution in [1.29, 1.82) is 0 Å². The van der Waals surface area contributed by atoms with Crippen LogP contribution in [0.15, 0.2) is 16.6 Å². The molecule has 0 spiro atoms. The van der Waals surface area contributed by atoms with Crippen molar-refractivity contribution in [3.8, 4) is 5.75 Å². The van der Waals surface area contributed by atoms with Crippen LogP contribution in [0.4, 0.5) is 4.39 Å². The molecule has 1 aromatic rings. The van der Waals surface area contributed by atoms with Crippen LogP contribution in [-0.2, 0) is 0 Å². The van der Waals surface area contributed by atoms with Crippen LogP contribution in [0.25, 0.3) is 0 Å². The molecule has 0 fully saturated rings. The van der Waals surface area contributed by atoms with E-state index in [0.29, 0.717) is 0 Å². The lowest BCUT2D eigenvalue weighted by molar-refractivity contribution is 0.107. The number of phenols is 1. The Balaban J connectivity index is 3.43. The number of phenolic OH excluding ortho intramolecular Hbond substituents is 1. The molecule has 0 amide bonds. The lowest BCUT2D eigenvalue weighted by atomic mass is 10.2. The van der Waals surface area contributed by atoms with E-state index >= 15 is 0 Å². The molecule has 1 N–H and O–H groups in total. The minimum Gasteiger partial charge on any atom is -0.504 e. The number of halogens is 3. The Hall–Kier alpha value is -0.610. The smallest absolute Gasteiger partial charge is 0.257 e. The van der Waals surface area contributed by atoms with E-state index in [4.69, 9.17) is 16.7 Å². The van der Waals surface area contributed by atoms with Gasteiger partial charge in [0.25, 0.3) is 5.24 Å². The van der Waals surface area contributed by atoms with Gasteiger partial charge < -0.3 is 5.11 Å². The quantitative estimate of drug-likeness (QED) is 0.781. The normalized spacial score (nSPS) is 9.92. The second-order valence-corrected chi connectivity index (χ2v) is 3.22. The van der Waals surface area contributed by atoms with E-state index in [1.807, 2.05) is 0 Å². The first kappa shape index (κ1) is 9.48. The Morgan fingerprint density at radius 3 is 2.58 bits per heavy atom. The number of hydrogen-bond donors (Lipinski definition) is 1. The third kappa shape index (κ3) is 1.59. The third-order valence-corrected chi connectivity index (χ3v) is 2.12. The van der Waals surface area contributed by atoms with Crippen molar-refractivity contribution in [2.75, 3.05) is 0 Å². The average Bonchev–Trinajstić information content (AvgIpc) is 1.97. The number of rotatable bonds is 1. The first-order chi connectivity index (χ1) is 5.54. The molecule has 0 atom stereocenters. The van der Waals surface area contributed by atoms with E-state index in [1.165, 1.54) is 6.07 Å². The van der Waals surface area contributed by atoms with Gasteiger partial charge in [0.1, 0.15) is 0 Å². The predicted molar refractivity (Wildman–Crippen MR) is 45.9 cm³/mol. The SMILES string of the molecule is O=C(Cl)c1c(Br)ccc(F)c1O. The second kappa shape index (κ2) is 3.41. The van der Waals surface area contributed by atoms with Crippen LogP contribution in [0.3, 0.4) is 0 Å². The maximum atomic E-state index is 12.6. The highest BCUT2D eigenvalue weighted by Crippen LogP contribution is 2.29. The molecule has 0 saturated heterocycles. The molecule has 0 radical (unpaired) electrons. The summed E-state index contributed by atoms with van der Waals surface area (Å²) in [6.45, 7) is 0. The van der Waals surface area contributed by atoms with Crippen LogP contribution >= 0.6 is 27.5 Å². The number of carbonyl (C=O) groups is 1. The van der Waals surface area contributed by atoms with Gasteiger partial charge in [-0.1, -0.05) is 0 Å². The van der Waals surface area contributed by atoms with E-state index < -0.39 is 16.8 Å². The summed E-state index contributed by atoms with van der Waals surface area (Å²) >= 11 is 8.04. The third-order valence-electron chi connectivity index (χ3n) is 1.27. The van der Waals surface area contributed by atoms with E-state index in [2.05, 4.69) is 15.9 Å². The first-order valence-electron chi connectivity index (χ1n) is 2.91. The largest absolute Gasteiger partial charge is 0.504 e. The molecular formula is C7H3BrClFO2. The Bertz CT molecular complexity index is 340. The van der Waals surface area contributed by atoms with Gasteiger partial charge in [0, 0.05) is 4.47 Å². The summed E-state index contributed by atoms with van der Waals surface area (Å²) in [7, 11) is 0. The monoisotopic (exact) mass is 252 g/mol. The molecule has 0 heterocycles. The highest BCUT2D eigenvalue weighted by atomic mass is 79.9. The second-order valence-electron chi connectivity index (χ2n) is 2.03. The van der Waals surface area contributed by atoms with Crippen molar-refractivity contribution in [1.82, 2.24) is 0 Å². The fraction of sp³-hybridized carbons (Fsp3) is 0. The molecule has 1 aromatic carbocycles. The zero-order valence-electron chi connectivity index (χ0n) is 5.64. The maximum Gasteiger partial charge on any atom is 0.257 e. The first-order valence-corrected chi connectivity index (χ1v) is 4.08. The maximum absolute atomic E-state index is 12.6. The summed E-state index contributed by atoms with van der Waals surface area (Å²) in [4.78, 5) is 10.6. The molecule has 0 aromatic heterocycles. The Morgan fingerprint density at radius 2 is 2.17 bits per heavy atom. The van der Waals surface area contributed by atoms with Crippen molar-refractivity contribution >= 4 is 32.8 Å². The fourth-order valence-corrected chi connectivity index (χ4v) is 1.53. The lowest BCUT2D eigenvalue weighted by Gasteiger charge is -2.02. The van der Waals surface area contributed by atoms with Gasteiger partial charge in [-0.3, -0.25) is 4.79 Å². The van der Waals surface area contributed by atoms with Gasteiger partial charge in [-0.2, -0.15) is 0 Å². The van der Waals surface area contributed by atoms with Gasteiger partial charge in [0.05, 0.1) is 5.56 Å². The summed E-state index contributed by atoms with van der Waals surface area (Å²) in [5, 5.41) is 8.13. The fourth-order valence-electron chi connectivity index (χ4n) is 0.728. The average molecular weight is 253 g/mol. The summed E-state index contributed by atoms with van der Waals surface area (Å²) in [5.74, 6) is -1.61. The molecule has 1 rings (SSSR count). The number of hydrogen-bond acceptors (Lipinski definition) is 2. The van der Waals surface area contributed by atoms with Crippen molar-refractivity contribution < 1.29 is 14.3 Å². The van der Waals surface area contributed by atoms with Gasteiger partial charge in [-0.05, 0) is 39.7 Å². The highest BCUT2D eigenvalue weighted by Gasteiger charge is 2.16. The molecule has 2 nitrogen and oxygen atoms in total. The molecule has 5 heteroatoms. The van der Waals surface area contributed by atoms with E-state index in [1.54, 1.807) is 0 Å². The topological polar surface area (TPSA) is 37.3 Å². The Labute approximate surface area is 81.1 Å². The zero-order valence-corrected chi connectivity index (χ0v) is 7.99. The molecule has 0 aliphatic carbocycles. The van der Waals surface area contributed by atoms with Crippen molar-refractivity contribution in [3.05, 3.63) is 28.0 Å².